The molecule has 0 radical (unpaired) electrons. The number of alkyl halides is 4. The molecule has 0 saturated heterocycles. The minimum atomic E-state index is -4.21. The van der Waals surface area contributed by atoms with Crippen LogP contribution in [0.15, 0.2) is 24.3 Å². The smallest absolute Gasteiger partial charge is 0.194 e. The Labute approximate surface area is 68.6 Å². The minimum absolute atomic E-state index is 0.858. The summed E-state index contributed by atoms with van der Waals surface area (Å²) in [6, 6.07) is 0. The highest BCUT2D eigenvalue weighted by molar-refractivity contribution is 5.21. The highest BCUT2D eigenvalue weighted by Gasteiger charge is 2.57. The molecule has 0 aromatic heterocycles. The summed E-state index contributed by atoms with van der Waals surface area (Å²) in [6.07, 6.45) is 0. The molecular formula is C8H10F4. The lowest BCUT2D eigenvalue weighted by molar-refractivity contribution is -0.160. The van der Waals surface area contributed by atoms with Crippen LogP contribution < -0.4 is 0 Å². The summed E-state index contributed by atoms with van der Waals surface area (Å²) in [5.41, 5.74) is -1.73. The monoisotopic (exact) mass is 182 g/mol. The molecule has 4 heteroatoms. The zero-order chi connectivity index (χ0) is 10.2. The molecule has 70 valence electrons. The molecule has 0 aromatic rings. The van der Waals surface area contributed by atoms with E-state index in [0.717, 1.165) is 13.8 Å². The standard InChI is InChI=1S/C8H10F4/c1-5(2)7(9,10)8(11,12)6(3)4/h1,3H2,2,4H3. The van der Waals surface area contributed by atoms with Gasteiger partial charge in [0.15, 0.2) is 0 Å². The van der Waals surface area contributed by atoms with Gasteiger partial charge in [-0.25, -0.2) is 0 Å². The van der Waals surface area contributed by atoms with Gasteiger partial charge in [-0.05, 0) is 25.0 Å². The van der Waals surface area contributed by atoms with Gasteiger partial charge in [0.25, 0.3) is 0 Å². The molecule has 0 unspecified atom stereocenters. The van der Waals surface area contributed by atoms with Crippen molar-refractivity contribution in [3.05, 3.63) is 24.3 Å². The van der Waals surface area contributed by atoms with Gasteiger partial charge in [-0.15, -0.1) is 0 Å². The maximum atomic E-state index is 12.7. The normalized spacial score (nSPS) is 12.8. The number of hydrogen-bond donors (Lipinski definition) is 0. The summed E-state index contributed by atoms with van der Waals surface area (Å²) in [4.78, 5) is 0. The molecule has 12 heavy (non-hydrogen) atoms. The van der Waals surface area contributed by atoms with Crippen molar-refractivity contribution in [1.82, 2.24) is 0 Å². The van der Waals surface area contributed by atoms with Crippen molar-refractivity contribution in [2.75, 3.05) is 0 Å². The van der Waals surface area contributed by atoms with Crippen LogP contribution in [0.4, 0.5) is 17.6 Å². The first-order valence-corrected chi connectivity index (χ1v) is 3.21. The molecule has 0 fully saturated rings. The third-order valence-corrected chi connectivity index (χ3v) is 1.47. The third-order valence-electron chi connectivity index (χ3n) is 1.47. The molecule has 0 spiro atoms. The maximum absolute atomic E-state index is 12.7. The van der Waals surface area contributed by atoms with Crippen molar-refractivity contribution in [2.24, 2.45) is 0 Å². The van der Waals surface area contributed by atoms with Gasteiger partial charge in [-0.3, -0.25) is 0 Å². The largest absolute Gasteiger partial charge is 0.334 e. The van der Waals surface area contributed by atoms with Crippen LogP contribution >= 0.6 is 0 Å². The van der Waals surface area contributed by atoms with E-state index in [1.165, 1.54) is 0 Å². The summed E-state index contributed by atoms with van der Waals surface area (Å²) < 4.78 is 50.7. The quantitative estimate of drug-likeness (QED) is 0.463. The fraction of sp³-hybridized carbons (Fsp3) is 0.500. The van der Waals surface area contributed by atoms with Crippen molar-refractivity contribution >= 4 is 0 Å². The van der Waals surface area contributed by atoms with Crippen LogP contribution in [0.5, 0.6) is 0 Å². The van der Waals surface area contributed by atoms with E-state index in [2.05, 4.69) is 13.2 Å². The van der Waals surface area contributed by atoms with Gasteiger partial charge in [0.2, 0.25) is 0 Å². The predicted molar refractivity (Wildman–Crippen MR) is 39.5 cm³/mol. The van der Waals surface area contributed by atoms with Crippen LogP contribution in [-0.4, -0.2) is 11.8 Å². The van der Waals surface area contributed by atoms with Gasteiger partial charge in [0, 0.05) is 0 Å². The Morgan fingerprint density at radius 1 is 0.833 bits per heavy atom. The average Bonchev–Trinajstić information content (AvgIpc) is 1.86. The molecule has 0 aliphatic heterocycles. The van der Waals surface area contributed by atoms with Gasteiger partial charge in [-0.1, -0.05) is 13.2 Å². The molecule has 0 aliphatic rings. The number of allylic oxidation sites excluding steroid dienone is 2. The first-order chi connectivity index (χ1) is 5.14. The zero-order valence-electron chi connectivity index (χ0n) is 6.93. The Kier molecular flexibility index (Phi) is 2.72. The van der Waals surface area contributed by atoms with E-state index in [-0.39, 0.29) is 0 Å². The molecule has 0 N–H and O–H groups in total. The van der Waals surface area contributed by atoms with Crippen LogP contribution in [-0.2, 0) is 0 Å². The fourth-order valence-electron chi connectivity index (χ4n) is 0.536. The molecule has 0 rings (SSSR count). The van der Waals surface area contributed by atoms with Crippen LogP contribution in [0, 0.1) is 0 Å². The molecule has 0 atom stereocenters. The Balaban J connectivity index is 5.01. The Morgan fingerprint density at radius 3 is 1.08 bits per heavy atom. The van der Waals surface area contributed by atoms with Crippen LogP contribution in [0.2, 0.25) is 0 Å². The zero-order valence-corrected chi connectivity index (χ0v) is 6.93. The summed E-state index contributed by atoms with van der Waals surface area (Å²) in [5.74, 6) is -8.42. The average molecular weight is 182 g/mol. The van der Waals surface area contributed by atoms with E-state index in [4.69, 9.17) is 0 Å². The lowest BCUT2D eigenvalue weighted by Crippen LogP contribution is -2.41. The number of halogens is 4. The van der Waals surface area contributed by atoms with Crippen molar-refractivity contribution in [3.63, 3.8) is 0 Å². The Bertz CT molecular complexity index is 191. The highest BCUT2D eigenvalue weighted by Crippen LogP contribution is 2.43. The molecule has 0 heterocycles. The topological polar surface area (TPSA) is 0 Å². The second-order valence-electron chi connectivity index (χ2n) is 2.71. The molecule has 0 saturated carbocycles. The van der Waals surface area contributed by atoms with Crippen molar-refractivity contribution < 1.29 is 17.6 Å². The number of hydrogen-bond acceptors (Lipinski definition) is 0. The van der Waals surface area contributed by atoms with Gasteiger partial charge in [0.05, 0.1) is 0 Å². The summed E-state index contributed by atoms with van der Waals surface area (Å²) >= 11 is 0. The van der Waals surface area contributed by atoms with Gasteiger partial charge >= 0.3 is 11.8 Å². The second-order valence-corrected chi connectivity index (χ2v) is 2.71. The van der Waals surface area contributed by atoms with Gasteiger partial charge in [-0.2, -0.15) is 17.6 Å². The number of rotatable bonds is 3. The minimum Gasteiger partial charge on any atom is -0.194 e. The molecular weight excluding hydrogens is 172 g/mol. The Hall–Kier alpha value is -0.800. The van der Waals surface area contributed by atoms with Crippen LogP contribution in [0.1, 0.15) is 13.8 Å². The van der Waals surface area contributed by atoms with E-state index in [1.807, 2.05) is 0 Å². The Morgan fingerprint density at radius 2 is 1.00 bits per heavy atom. The predicted octanol–water partition coefficient (Wildman–Crippen LogP) is 3.41. The SMILES string of the molecule is C=C(C)C(F)(F)C(F)(F)C(=C)C. The summed E-state index contributed by atoms with van der Waals surface area (Å²) in [7, 11) is 0. The maximum Gasteiger partial charge on any atom is 0.334 e. The first kappa shape index (κ1) is 11.2. The molecule has 0 amide bonds. The van der Waals surface area contributed by atoms with E-state index < -0.39 is 23.0 Å². The van der Waals surface area contributed by atoms with Crippen molar-refractivity contribution in [2.45, 2.75) is 25.7 Å². The lowest BCUT2D eigenvalue weighted by atomic mass is 10.0. The lowest BCUT2D eigenvalue weighted by Gasteiger charge is -2.26. The summed E-state index contributed by atoms with van der Waals surface area (Å²) in [5, 5.41) is 0. The van der Waals surface area contributed by atoms with E-state index in [1.54, 1.807) is 0 Å². The van der Waals surface area contributed by atoms with Crippen LogP contribution in [0.25, 0.3) is 0 Å². The van der Waals surface area contributed by atoms with Gasteiger partial charge < -0.3 is 0 Å². The second kappa shape index (κ2) is 2.92. The fourth-order valence-corrected chi connectivity index (χ4v) is 0.536. The van der Waals surface area contributed by atoms with Crippen LogP contribution in [0.3, 0.4) is 0 Å². The molecule has 0 nitrogen and oxygen atoms in total. The molecule has 0 bridgehead atoms. The van der Waals surface area contributed by atoms with E-state index in [9.17, 15) is 17.6 Å². The van der Waals surface area contributed by atoms with E-state index in [0.29, 0.717) is 0 Å². The third kappa shape index (κ3) is 1.52. The van der Waals surface area contributed by atoms with E-state index >= 15 is 0 Å². The summed E-state index contributed by atoms with van der Waals surface area (Å²) in [6.45, 7) is 7.32. The van der Waals surface area contributed by atoms with Crippen molar-refractivity contribution in [1.29, 1.82) is 0 Å². The van der Waals surface area contributed by atoms with Gasteiger partial charge in [0.1, 0.15) is 0 Å². The highest BCUT2D eigenvalue weighted by atomic mass is 19.3. The first-order valence-electron chi connectivity index (χ1n) is 3.21. The molecule has 0 aromatic carbocycles. The van der Waals surface area contributed by atoms with Crippen molar-refractivity contribution in [3.8, 4) is 0 Å². The molecule has 0 aliphatic carbocycles.